The van der Waals surface area contributed by atoms with Crippen molar-refractivity contribution in [3.8, 4) is 11.5 Å². The molecular formula is C25H34N2O3. The summed E-state index contributed by atoms with van der Waals surface area (Å²) >= 11 is 0. The Labute approximate surface area is 180 Å². The molecule has 1 aliphatic rings. The van der Waals surface area contributed by atoms with Gasteiger partial charge in [-0.15, -0.1) is 0 Å². The highest BCUT2D eigenvalue weighted by Gasteiger charge is 2.23. The molecule has 0 radical (unpaired) electrons. The first-order valence-corrected chi connectivity index (χ1v) is 10.8. The van der Waals surface area contributed by atoms with E-state index in [0.29, 0.717) is 19.6 Å². The van der Waals surface area contributed by atoms with Crippen LogP contribution in [0.15, 0.2) is 48.5 Å². The molecule has 0 spiro atoms. The number of phenols is 1. The van der Waals surface area contributed by atoms with Crippen molar-refractivity contribution in [3.63, 3.8) is 0 Å². The monoisotopic (exact) mass is 410 g/mol. The van der Waals surface area contributed by atoms with Crippen LogP contribution < -0.4 is 9.64 Å². The Morgan fingerprint density at radius 2 is 1.67 bits per heavy atom. The van der Waals surface area contributed by atoms with Crippen LogP contribution in [0.1, 0.15) is 45.6 Å². The molecule has 0 unspecified atom stereocenters. The molecule has 1 heterocycles. The molecule has 5 heteroatoms. The Kier molecular flexibility index (Phi) is 7.38. The molecular weight excluding hydrogens is 376 g/mol. The van der Waals surface area contributed by atoms with E-state index < -0.39 is 0 Å². The van der Waals surface area contributed by atoms with Crippen LogP contribution in [0, 0.1) is 5.41 Å². The number of nitrogens with zero attached hydrogens (tertiary/aromatic N) is 2. The van der Waals surface area contributed by atoms with Gasteiger partial charge in [0, 0.05) is 18.7 Å². The average molecular weight is 411 g/mol. The van der Waals surface area contributed by atoms with E-state index in [2.05, 4.69) is 25.7 Å². The highest BCUT2D eigenvalue weighted by atomic mass is 16.5. The first kappa shape index (κ1) is 22.2. The van der Waals surface area contributed by atoms with Crippen LogP contribution in [-0.4, -0.2) is 42.2 Å². The van der Waals surface area contributed by atoms with Crippen LogP contribution >= 0.6 is 0 Å². The number of carbonyl (C=O) groups is 1. The van der Waals surface area contributed by atoms with Crippen molar-refractivity contribution in [2.75, 3.05) is 31.1 Å². The lowest BCUT2D eigenvalue weighted by molar-refractivity contribution is -0.120. The zero-order chi connectivity index (χ0) is 21.6. The topological polar surface area (TPSA) is 53.0 Å². The normalized spacial score (nSPS) is 14.6. The molecule has 0 aromatic heterocycles. The lowest BCUT2D eigenvalue weighted by Gasteiger charge is -2.27. The summed E-state index contributed by atoms with van der Waals surface area (Å²) in [6.07, 6.45) is 3.03. The molecule has 1 amide bonds. The van der Waals surface area contributed by atoms with Crippen molar-refractivity contribution in [3.05, 3.63) is 54.1 Å². The van der Waals surface area contributed by atoms with Gasteiger partial charge in [-0.2, -0.15) is 0 Å². The van der Waals surface area contributed by atoms with E-state index in [1.54, 1.807) is 12.1 Å². The smallest absolute Gasteiger partial charge is 0.227 e. The minimum atomic E-state index is -0.0943. The summed E-state index contributed by atoms with van der Waals surface area (Å²) in [5.41, 5.74) is 1.73. The van der Waals surface area contributed by atoms with E-state index in [1.807, 2.05) is 41.3 Å². The summed E-state index contributed by atoms with van der Waals surface area (Å²) in [7, 11) is 0. The number of phenolic OH excluding ortho intramolecular Hbond substituents is 1. The number of benzene rings is 2. The molecule has 1 aliphatic heterocycles. The third-order valence-corrected chi connectivity index (χ3v) is 5.28. The van der Waals surface area contributed by atoms with Gasteiger partial charge in [0.25, 0.3) is 0 Å². The molecule has 1 saturated heterocycles. The predicted octanol–water partition coefficient (Wildman–Crippen LogP) is 4.84. The Morgan fingerprint density at radius 1 is 1.03 bits per heavy atom. The number of aromatic hydroxyl groups is 1. The summed E-state index contributed by atoms with van der Waals surface area (Å²) < 4.78 is 5.90. The number of rotatable bonds is 8. The summed E-state index contributed by atoms with van der Waals surface area (Å²) in [5, 5.41) is 9.54. The van der Waals surface area contributed by atoms with Crippen molar-refractivity contribution in [2.24, 2.45) is 5.41 Å². The zero-order valence-corrected chi connectivity index (χ0v) is 18.4. The van der Waals surface area contributed by atoms with E-state index in [-0.39, 0.29) is 17.1 Å². The van der Waals surface area contributed by atoms with Crippen LogP contribution in [0.2, 0.25) is 0 Å². The molecule has 0 saturated carbocycles. The Hall–Kier alpha value is -2.53. The van der Waals surface area contributed by atoms with Crippen LogP contribution in [0.3, 0.4) is 0 Å². The molecule has 1 fully saturated rings. The third-order valence-electron chi connectivity index (χ3n) is 5.28. The van der Waals surface area contributed by atoms with E-state index in [1.165, 1.54) is 25.9 Å². The number of hydrogen-bond acceptors (Lipinski definition) is 4. The Balaban J connectivity index is 1.68. The highest BCUT2D eigenvalue weighted by Crippen LogP contribution is 2.27. The van der Waals surface area contributed by atoms with Gasteiger partial charge in [-0.25, -0.2) is 0 Å². The number of anilines is 1. The SMILES string of the molecule is CC(C)(C)CC(=O)N(Cc1ccc(O)cc1)c1ccc(OCCN2CCCC2)cc1. The van der Waals surface area contributed by atoms with Gasteiger partial charge in [0.05, 0.1) is 6.54 Å². The maximum absolute atomic E-state index is 13.1. The summed E-state index contributed by atoms with van der Waals surface area (Å²) in [4.78, 5) is 17.3. The zero-order valence-electron chi connectivity index (χ0n) is 18.4. The van der Waals surface area contributed by atoms with Gasteiger partial charge in [-0.1, -0.05) is 32.9 Å². The molecule has 0 bridgehead atoms. The largest absolute Gasteiger partial charge is 0.508 e. The van der Waals surface area contributed by atoms with Gasteiger partial charge in [0.2, 0.25) is 5.91 Å². The summed E-state index contributed by atoms with van der Waals surface area (Å²) in [6, 6.07) is 14.8. The van der Waals surface area contributed by atoms with Gasteiger partial charge in [-0.05, 0) is 73.3 Å². The van der Waals surface area contributed by atoms with Crippen LogP contribution in [0.4, 0.5) is 5.69 Å². The second-order valence-corrected chi connectivity index (χ2v) is 9.27. The Bertz CT molecular complexity index is 804. The number of hydrogen-bond donors (Lipinski definition) is 1. The minimum Gasteiger partial charge on any atom is -0.508 e. The number of likely N-dealkylation sites (tertiary alicyclic amines) is 1. The van der Waals surface area contributed by atoms with E-state index >= 15 is 0 Å². The lowest BCUT2D eigenvalue weighted by atomic mass is 9.91. The fourth-order valence-electron chi connectivity index (χ4n) is 3.68. The fraction of sp³-hybridized carbons (Fsp3) is 0.480. The second-order valence-electron chi connectivity index (χ2n) is 9.27. The standard InChI is InChI=1S/C25H34N2O3/c1-25(2,3)18-24(29)27(19-20-6-10-22(28)11-7-20)21-8-12-23(13-9-21)30-17-16-26-14-4-5-15-26/h6-13,28H,4-5,14-19H2,1-3H3. The van der Waals surface area contributed by atoms with Crippen molar-refractivity contribution in [2.45, 2.75) is 46.6 Å². The molecule has 5 nitrogen and oxygen atoms in total. The van der Waals surface area contributed by atoms with Gasteiger partial charge in [0.15, 0.2) is 0 Å². The van der Waals surface area contributed by atoms with Crippen molar-refractivity contribution in [1.82, 2.24) is 4.90 Å². The predicted molar refractivity (Wildman–Crippen MR) is 121 cm³/mol. The molecule has 2 aromatic carbocycles. The molecule has 30 heavy (non-hydrogen) atoms. The quantitative estimate of drug-likeness (QED) is 0.677. The van der Waals surface area contributed by atoms with Crippen LogP contribution in [0.5, 0.6) is 11.5 Å². The summed E-state index contributed by atoms with van der Waals surface area (Å²) in [5.74, 6) is 1.13. The van der Waals surface area contributed by atoms with Crippen molar-refractivity contribution in [1.29, 1.82) is 0 Å². The van der Waals surface area contributed by atoms with Gasteiger partial charge >= 0.3 is 0 Å². The molecule has 2 aromatic rings. The maximum Gasteiger partial charge on any atom is 0.227 e. The number of ether oxygens (including phenoxy) is 1. The first-order chi connectivity index (χ1) is 14.3. The van der Waals surface area contributed by atoms with Crippen LogP contribution in [-0.2, 0) is 11.3 Å². The van der Waals surface area contributed by atoms with Gasteiger partial charge in [0.1, 0.15) is 18.1 Å². The highest BCUT2D eigenvalue weighted by molar-refractivity contribution is 5.93. The molecule has 162 valence electrons. The molecule has 0 atom stereocenters. The number of amides is 1. The lowest BCUT2D eigenvalue weighted by Crippen LogP contribution is -2.33. The number of carbonyl (C=O) groups excluding carboxylic acids is 1. The molecule has 1 N–H and O–H groups in total. The minimum absolute atomic E-state index is 0.0817. The van der Waals surface area contributed by atoms with E-state index in [4.69, 9.17) is 4.74 Å². The first-order valence-electron chi connectivity index (χ1n) is 10.8. The maximum atomic E-state index is 13.1. The van der Waals surface area contributed by atoms with E-state index in [0.717, 1.165) is 23.5 Å². The summed E-state index contributed by atoms with van der Waals surface area (Å²) in [6.45, 7) is 10.7. The van der Waals surface area contributed by atoms with E-state index in [9.17, 15) is 9.90 Å². The van der Waals surface area contributed by atoms with Gasteiger partial charge in [-0.3, -0.25) is 9.69 Å². The van der Waals surface area contributed by atoms with Gasteiger partial charge < -0.3 is 14.7 Å². The molecule has 0 aliphatic carbocycles. The van der Waals surface area contributed by atoms with Crippen molar-refractivity contribution >= 4 is 11.6 Å². The molecule has 3 rings (SSSR count). The van der Waals surface area contributed by atoms with Crippen LogP contribution in [0.25, 0.3) is 0 Å². The fourth-order valence-corrected chi connectivity index (χ4v) is 3.68. The average Bonchev–Trinajstić information content (AvgIpc) is 3.20. The third kappa shape index (κ3) is 6.77. The Morgan fingerprint density at radius 3 is 2.27 bits per heavy atom. The van der Waals surface area contributed by atoms with Crippen molar-refractivity contribution < 1.29 is 14.6 Å². The second kappa shape index (κ2) is 9.98.